The highest BCUT2D eigenvalue weighted by Gasteiger charge is 2.27. The van der Waals surface area contributed by atoms with E-state index in [2.05, 4.69) is 10.2 Å². The summed E-state index contributed by atoms with van der Waals surface area (Å²) in [6.45, 7) is 4.19. The predicted molar refractivity (Wildman–Crippen MR) is 50.4 cm³/mol. The van der Waals surface area contributed by atoms with Crippen LogP contribution >= 0.6 is 0 Å². The van der Waals surface area contributed by atoms with Crippen LogP contribution in [-0.2, 0) is 4.74 Å². The van der Waals surface area contributed by atoms with Crippen molar-refractivity contribution < 1.29 is 4.74 Å². The van der Waals surface area contributed by atoms with Gasteiger partial charge in [-0.25, -0.2) is 0 Å². The van der Waals surface area contributed by atoms with Gasteiger partial charge < -0.3 is 10.1 Å². The van der Waals surface area contributed by atoms with Gasteiger partial charge in [0.2, 0.25) is 0 Å². The minimum absolute atomic E-state index is 0.855. The van der Waals surface area contributed by atoms with E-state index in [0.717, 1.165) is 32.3 Å². The molecule has 0 aromatic rings. The summed E-state index contributed by atoms with van der Waals surface area (Å²) in [5, 5.41) is 3.17. The maximum absolute atomic E-state index is 5.07. The minimum atomic E-state index is 0.855. The van der Waals surface area contributed by atoms with Crippen molar-refractivity contribution in [2.75, 3.05) is 40.4 Å². The van der Waals surface area contributed by atoms with Crippen molar-refractivity contribution in [1.29, 1.82) is 0 Å². The SMILES string of the molecule is CNCCN(CCOC)C1CC1. The lowest BCUT2D eigenvalue weighted by Gasteiger charge is -2.20. The summed E-state index contributed by atoms with van der Waals surface area (Å²) in [6.07, 6.45) is 2.76. The van der Waals surface area contributed by atoms with Gasteiger partial charge in [-0.2, -0.15) is 0 Å². The topological polar surface area (TPSA) is 24.5 Å². The minimum Gasteiger partial charge on any atom is -0.383 e. The number of likely N-dealkylation sites (N-methyl/N-ethyl adjacent to an activating group) is 1. The molecule has 0 unspecified atom stereocenters. The summed E-state index contributed by atoms with van der Waals surface area (Å²) >= 11 is 0. The Labute approximate surface area is 75.1 Å². The first kappa shape index (κ1) is 9.96. The van der Waals surface area contributed by atoms with Crippen LogP contribution in [0.4, 0.5) is 0 Å². The van der Waals surface area contributed by atoms with Gasteiger partial charge in [0.05, 0.1) is 6.61 Å². The summed E-state index contributed by atoms with van der Waals surface area (Å²) < 4.78 is 5.07. The molecule has 0 bridgehead atoms. The number of methoxy groups -OCH3 is 1. The molecule has 0 aliphatic heterocycles. The predicted octanol–water partition coefficient (Wildman–Crippen LogP) is 0.317. The van der Waals surface area contributed by atoms with Gasteiger partial charge in [-0.05, 0) is 19.9 Å². The maximum Gasteiger partial charge on any atom is 0.0589 e. The summed E-state index contributed by atoms with van der Waals surface area (Å²) in [4.78, 5) is 2.51. The molecule has 1 fully saturated rings. The van der Waals surface area contributed by atoms with Crippen molar-refractivity contribution in [3.63, 3.8) is 0 Å². The highest BCUT2D eigenvalue weighted by molar-refractivity contribution is 4.84. The summed E-state index contributed by atoms with van der Waals surface area (Å²) in [6, 6.07) is 0.855. The molecule has 3 nitrogen and oxygen atoms in total. The quantitative estimate of drug-likeness (QED) is 0.598. The Morgan fingerprint density at radius 1 is 1.42 bits per heavy atom. The average molecular weight is 172 g/mol. The highest BCUT2D eigenvalue weighted by atomic mass is 16.5. The molecule has 1 aliphatic rings. The Morgan fingerprint density at radius 2 is 2.17 bits per heavy atom. The average Bonchev–Trinajstić information content (AvgIpc) is 2.88. The molecule has 1 saturated carbocycles. The second-order valence-electron chi connectivity index (χ2n) is 3.36. The van der Waals surface area contributed by atoms with Crippen molar-refractivity contribution in [2.45, 2.75) is 18.9 Å². The lowest BCUT2D eigenvalue weighted by Crippen LogP contribution is -2.35. The monoisotopic (exact) mass is 172 g/mol. The van der Waals surface area contributed by atoms with Gasteiger partial charge in [-0.3, -0.25) is 4.90 Å². The Kier molecular flexibility index (Phi) is 4.58. The van der Waals surface area contributed by atoms with Crippen molar-refractivity contribution in [3.05, 3.63) is 0 Å². The van der Waals surface area contributed by atoms with Gasteiger partial charge in [0, 0.05) is 32.8 Å². The number of ether oxygens (including phenoxy) is 1. The number of nitrogens with one attached hydrogen (secondary N) is 1. The molecule has 1 aliphatic carbocycles. The first-order chi connectivity index (χ1) is 5.88. The Hall–Kier alpha value is -0.120. The largest absolute Gasteiger partial charge is 0.383 e. The Balaban J connectivity index is 2.09. The zero-order valence-corrected chi connectivity index (χ0v) is 8.18. The number of rotatable bonds is 7. The van der Waals surface area contributed by atoms with Gasteiger partial charge >= 0.3 is 0 Å². The third kappa shape index (κ3) is 3.52. The smallest absolute Gasteiger partial charge is 0.0589 e. The van der Waals surface area contributed by atoms with E-state index in [0.29, 0.717) is 0 Å². The first-order valence-electron chi connectivity index (χ1n) is 4.76. The molecule has 0 spiro atoms. The van der Waals surface area contributed by atoms with Crippen molar-refractivity contribution in [1.82, 2.24) is 10.2 Å². The lowest BCUT2D eigenvalue weighted by molar-refractivity contribution is 0.144. The van der Waals surface area contributed by atoms with Crippen molar-refractivity contribution in [2.24, 2.45) is 0 Å². The molecular weight excluding hydrogens is 152 g/mol. The molecule has 0 heterocycles. The molecule has 0 aromatic heterocycles. The molecule has 1 rings (SSSR count). The first-order valence-corrected chi connectivity index (χ1v) is 4.76. The van der Waals surface area contributed by atoms with Crippen LogP contribution in [0, 0.1) is 0 Å². The molecule has 0 amide bonds. The molecule has 0 aromatic carbocycles. The molecular formula is C9H20N2O. The van der Waals surface area contributed by atoms with Gasteiger partial charge in [-0.15, -0.1) is 0 Å². The second-order valence-corrected chi connectivity index (χ2v) is 3.36. The number of hydrogen-bond acceptors (Lipinski definition) is 3. The molecule has 0 atom stereocenters. The van der Waals surface area contributed by atoms with Crippen LogP contribution in [0.1, 0.15) is 12.8 Å². The summed E-state index contributed by atoms with van der Waals surface area (Å²) in [7, 11) is 3.77. The van der Waals surface area contributed by atoms with Gasteiger partial charge in [0.15, 0.2) is 0 Å². The van der Waals surface area contributed by atoms with E-state index in [4.69, 9.17) is 4.74 Å². The third-order valence-electron chi connectivity index (χ3n) is 2.29. The van der Waals surface area contributed by atoms with Crippen LogP contribution in [0.25, 0.3) is 0 Å². The zero-order valence-electron chi connectivity index (χ0n) is 8.18. The lowest BCUT2D eigenvalue weighted by atomic mass is 10.4. The number of hydrogen-bond donors (Lipinski definition) is 1. The maximum atomic E-state index is 5.07. The van der Waals surface area contributed by atoms with Crippen LogP contribution in [0.15, 0.2) is 0 Å². The third-order valence-corrected chi connectivity index (χ3v) is 2.29. The molecule has 3 heteroatoms. The van der Waals surface area contributed by atoms with Gasteiger partial charge in [0.25, 0.3) is 0 Å². The van der Waals surface area contributed by atoms with E-state index in [9.17, 15) is 0 Å². The fourth-order valence-electron chi connectivity index (χ4n) is 1.38. The van der Waals surface area contributed by atoms with E-state index in [1.54, 1.807) is 7.11 Å². The summed E-state index contributed by atoms with van der Waals surface area (Å²) in [5.74, 6) is 0. The van der Waals surface area contributed by atoms with Gasteiger partial charge in [0.1, 0.15) is 0 Å². The normalized spacial score (nSPS) is 17.2. The van der Waals surface area contributed by atoms with E-state index in [1.807, 2.05) is 7.05 Å². The molecule has 1 N–H and O–H groups in total. The van der Waals surface area contributed by atoms with Gasteiger partial charge in [-0.1, -0.05) is 0 Å². The standard InChI is InChI=1S/C9H20N2O/c1-10-5-6-11(7-8-12-2)9-3-4-9/h9-10H,3-8H2,1-2H3. The fraction of sp³-hybridized carbons (Fsp3) is 1.00. The number of nitrogens with zero attached hydrogens (tertiary/aromatic N) is 1. The van der Waals surface area contributed by atoms with Crippen LogP contribution in [0.2, 0.25) is 0 Å². The molecule has 72 valence electrons. The zero-order chi connectivity index (χ0) is 8.81. The second kappa shape index (κ2) is 5.51. The van der Waals surface area contributed by atoms with Crippen LogP contribution in [0.5, 0.6) is 0 Å². The molecule has 12 heavy (non-hydrogen) atoms. The Morgan fingerprint density at radius 3 is 2.67 bits per heavy atom. The summed E-state index contributed by atoms with van der Waals surface area (Å²) in [5.41, 5.74) is 0. The van der Waals surface area contributed by atoms with Crippen LogP contribution < -0.4 is 5.32 Å². The van der Waals surface area contributed by atoms with E-state index in [-0.39, 0.29) is 0 Å². The van der Waals surface area contributed by atoms with E-state index >= 15 is 0 Å². The fourth-order valence-corrected chi connectivity index (χ4v) is 1.38. The highest BCUT2D eigenvalue weighted by Crippen LogP contribution is 2.25. The van der Waals surface area contributed by atoms with Crippen molar-refractivity contribution >= 4 is 0 Å². The van der Waals surface area contributed by atoms with Crippen molar-refractivity contribution in [3.8, 4) is 0 Å². The Bertz CT molecular complexity index is 107. The molecule has 0 saturated heterocycles. The van der Waals surface area contributed by atoms with Crippen LogP contribution in [0.3, 0.4) is 0 Å². The van der Waals surface area contributed by atoms with Crippen LogP contribution in [-0.4, -0.2) is 51.3 Å². The molecule has 0 radical (unpaired) electrons. The van der Waals surface area contributed by atoms with E-state index in [1.165, 1.54) is 12.8 Å². The van der Waals surface area contributed by atoms with E-state index < -0.39 is 0 Å².